The number of nitrogens with zero attached hydrogens (tertiary/aromatic N) is 2. The standard InChI is InChI=1S/C14H9ClN4O5S/c1-24-14(21)12-10(15)7-3-2-6(4-9(7)25-12)17-13(20)11-8(19(22)23)5-16-18-11/h2-5H,1H3,(H,16,18)(H,17,20). The van der Waals surface area contributed by atoms with E-state index in [1.54, 1.807) is 18.2 Å². The van der Waals surface area contributed by atoms with Crippen LogP contribution in [0.3, 0.4) is 0 Å². The lowest BCUT2D eigenvalue weighted by molar-refractivity contribution is -0.385. The van der Waals surface area contributed by atoms with E-state index in [1.807, 2.05) is 0 Å². The van der Waals surface area contributed by atoms with E-state index in [0.29, 0.717) is 15.8 Å². The molecule has 11 heteroatoms. The van der Waals surface area contributed by atoms with E-state index in [2.05, 4.69) is 20.3 Å². The summed E-state index contributed by atoms with van der Waals surface area (Å²) < 4.78 is 5.32. The van der Waals surface area contributed by atoms with Gasteiger partial charge in [0.1, 0.15) is 11.1 Å². The number of halogens is 1. The maximum atomic E-state index is 12.2. The van der Waals surface area contributed by atoms with Gasteiger partial charge in [-0.1, -0.05) is 11.6 Å². The third kappa shape index (κ3) is 3.04. The topological polar surface area (TPSA) is 127 Å². The maximum absolute atomic E-state index is 12.2. The fourth-order valence-corrected chi connectivity index (χ4v) is 3.61. The molecule has 2 N–H and O–H groups in total. The lowest BCUT2D eigenvalue weighted by Crippen LogP contribution is -2.14. The lowest BCUT2D eigenvalue weighted by atomic mass is 10.2. The molecule has 3 aromatic rings. The van der Waals surface area contributed by atoms with Gasteiger partial charge in [0.2, 0.25) is 5.69 Å². The van der Waals surface area contributed by atoms with Gasteiger partial charge in [-0.2, -0.15) is 5.10 Å². The zero-order valence-corrected chi connectivity index (χ0v) is 14.1. The van der Waals surface area contributed by atoms with Gasteiger partial charge in [-0.15, -0.1) is 11.3 Å². The molecule has 0 spiro atoms. The van der Waals surface area contributed by atoms with Crippen LogP contribution < -0.4 is 5.32 Å². The van der Waals surface area contributed by atoms with Crippen molar-refractivity contribution in [1.29, 1.82) is 0 Å². The molecule has 3 rings (SSSR count). The van der Waals surface area contributed by atoms with Gasteiger partial charge in [0.05, 0.1) is 17.1 Å². The number of esters is 1. The highest BCUT2D eigenvalue weighted by Crippen LogP contribution is 2.37. The number of nitro groups is 1. The van der Waals surface area contributed by atoms with E-state index in [4.69, 9.17) is 11.6 Å². The molecule has 0 aliphatic carbocycles. The quantitative estimate of drug-likeness (QED) is 0.406. The molecular formula is C14H9ClN4O5S. The van der Waals surface area contributed by atoms with E-state index in [-0.39, 0.29) is 15.6 Å². The van der Waals surface area contributed by atoms with Crippen LogP contribution in [0.1, 0.15) is 20.2 Å². The number of aromatic nitrogens is 2. The van der Waals surface area contributed by atoms with Gasteiger partial charge in [0.25, 0.3) is 5.91 Å². The van der Waals surface area contributed by atoms with Gasteiger partial charge in [-0.25, -0.2) is 4.79 Å². The molecule has 0 aliphatic rings. The monoisotopic (exact) mass is 380 g/mol. The van der Waals surface area contributed by atoms with Crippen molar-refractivity contribution >= 4 is 56.3 Å². The Kier molecular flexibility index (Phi) is 4.38. The molecule has 0 saturated heterocycles. The summed E-state index contributed by atoms with van der Waals surface area (Å²) in [6.45, 7) is 0. The third-order valence-corrected chi connectivity index (χ3v) is 4.94. The zero-order valence-electron chi connectivity index (χ0n) is 12.5. The average molecular weight is 381 g/mol. The summed E-state index contributed by atoms with van der Waals surface area (Å²) in [5.74, 6) is -1.26. The summed E-state index contributed by atoms with van der Waals surface area (Å²) in [6, 6.07) is 4.82. The predicted molar refractivity (Wildman–Crippen MR) is 91.4 cm³/mol. The number of ether oxygens (including phenoxy) is 1. The number of methoxy groups -OCH3 is 1. The first kappa shape index (κ1) is 16.9. The number of anilines is 1. The van der Waals surface area contributed by atoms with E-state index >= 15 is 0 Å². The minimum Gasteiger partial charge on any atom is -0.465 e. The smallest absolute Gasteiger partial charge is 0.349 e. The van der Waals surface area contributed by atoms with Gasteiger partial charge in [0, 0.05) is 15.8 Å². The van der Waals surface area contributed by atoms with Gasteiger partial charge >= 0.3 is 11.7 Å². The number of rotatable bonds is 4. The number of amides is 1. The first-order valence-corrected chi connectivity index (χ1v) is 7.91. The van der Waals surface area contributed by atoms with E-state index < -0.39 is 22.5 Å². The molecule has 1 aromatic carbocycles. The van der Waals surface area contributed by atoms with Gasteiger partial charge < -0.3 is 10.1 Å². The second-order valence-corrected chi connectivity index (χ2v) is 6.22. The van der Waals surface area contributed by atoms with Crippen molar-refractivity contribution in [3.8, 4) is 0 Å². The fourth-order valence-electron chi connectivity index (χ4n) is 2.15. The minimum atomic E-state index is -0.709. The normalized spacial score (nSPS) is 10.6. The molecule has 128 valence electrons. The predicted octanol–water partition coefficient (Wildman–Crippen LogP) is 3.22. The number of fused-ring (bicyclic) bond motifs is 1. The number of carbonyl (C=O) groups is 2. The van der Waals surface area contributed by atoms with Crippen molar-refractivity contribution in [2.24, 2.45) is 0 Å². The molecular weight excluding hydrogens is 372 g/mol. The molecule has 25 heavy (non-hydrogen) atoms. The number of carbonyl (C=O) groups excluding carboxylic acids is 2. The number of benzene rings is 1. The van der Waals surface area contributed by atoms with Crippen molar-refractivity contribution in [3.05, 3.63) is 50.1 Å². The Labute approximate surface area is 148 Å². The van der Waals surface area contributed by atoms with Crippen LogP contribution >= 0.6 is 22.9 Å². The minimum absolute atomic E-state index is 0.256. The first-order chi connectivity index (χ1) is 11.9. The van der Waals surface area contributed by atoms with Gasteiger partial charge in [0.15, 0.2) is 0 Å². The Morgan fingerprint density at radius 1 is 1.44 bits per heavy atom. The molecule has 0 bridgehead atoms. The number of hydrogen-bond donors (Lipinski definition) is 2. The fraction of sp³-hybridized carbons (Fsp3) is 0.0714. The SMILES string of the molecule is COC(=O)c1sc2cc(NC(=O)c3[nH]ncc3[N+](=O)[O-])ccc2c1Cl. The van der Waals surface area contributed by atoms with Crippen LogP contribution in [0.15, 0.2) is 24.4 Å². The number of thiophene rings is 1. The highest BCUT2D eigenvalue weighted by molar-refractivity contribution is 7.21. The Bertz CT molecular complexity index is 1010. The Morgan fingerprint density at radius 2 is 2.20 bits per heavy atom. The summed E-state index contributed by atoms with van der Waals surface area (Å²) in [4.78, 5) is 34.3. The lowest BCUT2D eigenvalue weighted by Gasteiger charge is -2.03. The molecule has 0 atom stereocenters. The van der Waals surface area contributed by atoms with Gasteiger partial charge in [-0.05, 0) is 18.2 Å². The highest BCUT2D eigenvalue weighted by atomic mass is 35.5. The number of H-pyrrole nitrogens is 1. The number of nitrogens with one attached hydrogen (secondary N) is 2. The summed E-state index contributed by atoms with van der Waals surface area (Å²) in [6.07, 6.45) is 0.958. The summed E-state index contributed by atoms with van der Waals surface area (Å²) in [7, 11) is 1.26. The van der Waals surface area contributed by atoms with Crippen molar-refractivity contribution < 1.29 is 19.2 Å². The van der Waals surface area contributed by atoms with Crippen LogP contribution in [0.2, 0.25) is 5.02 Å². The summed E-state index contributed by atoms with van der Waals surface area (Å²) in [5.41, 5.74) is -0.300. The molecule has 2 heterocycles. The molecule has 2 aromatic heterocycles. The van der Waals surface area contributed by atoms with Crippen molar-refractivity contribution in [2.45, 2.75) is 0 Å². The molecule has 0 fully saturated rings. The molecule has 0 aliphatic heterocycles. The Morgan fingerprint density at radius 3 is 2.88 bits per heavy atom. The second kappa shape index (κ2) is 6.49. The van der Waals surface area contributed by atoms with Crippen LogP contribution in [0.25, 0.3) is 10.1 Å². The van der Waals surface area contributed by atoms with Gasteiger partial charge in [-0.3, -0.25) is 20.0 Å². The molecule has 0 unspecified atom stereocenters. The average Bonchev–Trinajstić information content (AvgIpc) is 3.19. The number of aromatic amines is 1. The molecule has 0 radical (unpaired) electrons. The molecule has 0 saturated carbocycles. The van der Waals surface area contributed by atoms with E-state index in [1.165, 1.54) is 7.11 Å². The summed E-state index contributed by atoms with van der Waals surface area (Å²) >= 11 is 7.28. The van der Waals surface area contributed by atoms with E-state index in [9.17, 15) is 19.7 Å². The number of hydrogen-bond acceptors (Lipinski definition) is 7. The molecule has 9 nitrogen and oxygen atoms in total. The van der Waals surface area contributed by atoms with Crippen LogP contribution in [-0.2, 0) is 4.74 Å². The largest absolute Gasteiger partial charge is 0.465 e. The van der Waals surface area contributed by atoms with Crippen molar-refractivity contribution in [2.75, 3.05) is 12.4 Å². The second-order valence-electron chi connectivity index (χ2n) is 4.79. The highest BCUT2D eigenvalue weighted by Gasteiger charge is 2.23. The van der Waals surface area contributed by atoms with Crippen LogP contribution in [0.4, 0.5) is 11.4 Å². The van der Waals surface area contributed by atoms with Crippen molar-refractivity contribution in [3.63, 3.8) is 0 Å². The molecule has 1 amide bonds. The van der Waals surface area contributed by atoms with Crippen LogP contribution in [-0.4, -0.2) is 34.1 Å². The Balaban J connectivity index is 1.92. The zero-order chi connectivity index (χ0) is 18.1. The van der Waals surface area contributed by atoms with Crippen LogP contribution in [0, 0.1) is 10.1 Å². The third-order valence-electron chi connectivity index (χ3n) is 3.30. The summed E-state index contributed by atoms with van der Waals surface area (Å²) in [5, 5.41) is 20.1. The maximum Gasteiger partial charge on any atom is 0.349 e. The Hall–Kier alpha value is -2.98. The van der Waals surface area contributed by atoms with Crippen molar-refractivity contribution in [1.82, 2.24) is 10.2 Å². The first-order valence-electron chi connectivity index (χ1n) is 6.72. The van der Waals surface area contributed by atoms with Crippen LogP contribution in [0.5, 0.6) is 0 Å². The van der Waals surface area contributed by atoms with E-state index in [0.717, 1.165) is 17.5 Å².